The molecule has 0 atom stereocenters. The Morgan fingerprint density at radius 1 is 0.500 bits per heavy atom. The van der Waals surface area contributed by atoms with Gasteiger partial charge in [-0.15, -0.1) is 0 Å². The summed E-state index contributed by atoms with van der Waals surface area (Å²) in [5.74, 6) is -1.95. The van der Waals surface area contributed by atoms with Crippen molar-refractivity contribution >= 4 is 33.5 Å². The highest BCUT2D eigenvalue weighted by Crippen LogP contribution is 2.35. The summed E-state index contributed by atoms with van der Waals surface area (Å²) in [6.07, 6.45) is 0. The van der Waals surface area contributed by atoms with Crippen LogP contribution >= 0.6 is 0 Å². The van der Waals surface area contributed by atoms with Crippen molar-refractivity contribution in [2.75, 3.05) is 0 Å². The monoisotopic (exact) mass is 342 g/mol. The van der Waals surface area contributed by atoms with Crippen molar-refractivity contribution in [3.05, 3.63) is 83.9 Å². The van der Waals surface area contributed by atoms with Crippen LogP contribution in [-0.4, -0.2) is 22.2 Å². The lowest BCUT2D eigenvalue weighted by Gasteiger charge is -2.12. The van der Waals surface area contributed by atoms with Gasteiger partial charge in [0.2, 0.25) is 0 Å². The van der Waals surface area contributed by atoms with E-state index in [2.05, 4.69) is 0 Å². The maximum Gasteiger partial charge on any atom is 0.336 e. The summed E-state index contributed by atoms with van der Waals surface area (Å²) in [5.41, 5.74) is 2.24. The van der Waals surface area contributed by atoms with Crippen molar-refractivity contribution < 1.29 is 19.8 Å². The third-order valence-corrected chi connectivity index (χ3v) is 4.60. The zero-order chi connectivity index (χ0) is 18.3. The number of rotatable bonds is 3. The van der Waals surface area contributed by atoms with Gasteiger partial charge in [-0.05, 0) is 44.8 Å². The van der Waals surface area contributed by atoms with Crippen molar-refractivity contribution in [3.8, 4) is 11.1 Å². The van der Waals surface area contributed by atoms with Gasteiger partial charge >= 0.3 is 11.9 Å². The molecule has 0 saturated carbocycles. The summed E-state index contributed by atoms with van der Waals surface area (Å²) < 4.78 is 0. The first-order valence-corrected chi connectivity index (χ1v) is 8.08. The van der Waals surface area contributed by atoms with E-state index >= 15 is 0 Å². The fourth-order valence-corrected chi connectivity index (χ4v) is 3.46. The molecule has 0 bridgehead atoms. The van der Waals surface area contributed by atoms with Crippen LogP contribution in [0.3, 0.4) is 0 Å². The summed E-state index contributed by atoms with van der Waals surface area (Å²) in [5, 5.41) is 21.8. The molecule has 4 aromatic carbocycles. The molecule has 4 nitrogen and oxygen atoms in total. The number of benzene rings is 4. The van der Waals surface area contributed by atoms with Crippen LogP contribution in [-0.2, 0) is 0 Å². The Kier molecular flexibility index (Phi) is 3.66. The fourth-order valence-electron chi connectivity index (χ4n) is 3.46. The molecule has 0 saturated heterocycles. The van der Waals surface area contributed by atoms with Crippen molar-refractivity contribution in [2.45, 2.75) is 0 Å². The van der Waals surface area contributed by atoms with Gasteiger partial charge in [-0.2, -0.15) is 0 Å². The van der Waals surface area contributed by atoms with Gasteiger partial charge in [0.25, 0.3) is 0 Å². The second-order valence-corrected chi connectivity index (χ2v) is 6.02. The van der Waals surface area contributed by atoms with Crippen LogP contribution in [0.25, 0.3) is 32.7 Å². The zero-order valence-corrected chi connectivity index (χ0v) is 13.6. The van der Waals surface area contributed by atoms with Crippen molar-refractivity contribution in [3.63, 3.8) is 0 Å². The van der Waals surface area contributed by atoms with Gasteiger partial charge in [-0.3, -0.25) is 0 Å². The standard InChI is InChI=1S/C22H14O4/c23-21(24)19-11-3-7-15-13(5-1-9-17(15)19)14-6-2-10-18-16(14)8-4-12-20(18)22(25)26/h1-12H,(H,23,24)(H,25,26). The minimum absolute atomic E-state index is 0.246. The molecule has 126 valence electrons. The summed E-state index contributed by atoms with van der Waals surface area (Å²) >= 11 is 0. The highest BCUT2D eigenvalue weighted by molar-refractivity contribution is 6.13. The van der Waals surface area contributed by atoms with Gasteiger partial charge in [0.1, 0.15) is 0 Å². The first-order chi connectivity index (χ1) is 12.6. The molecule has 0 unspecified atom stereocenters. The van der Waals surface area contributed by atoms with E-state index in [1.54, 1.807) is 36.4 Å². The van der Waals surface area contributed by atoms with Gasteiger partial charge in [0, 0.05) is 0 Å². The lowest BCUT2D eigenvalue weighted by atomic mass is 9.91. The van der Waals surface area contributed by atoms with E-state index in [0.29, 0.717) is 10.8 Å². The summed E-state index contributed by atoms with van der Waals surface area (Å²) in [4.78, 5) is 23.1. The number of aromatic carboxylic acids is 2. The average molecular weight is 342 g/mol. The fraction of sp³-hybridized carbons (Fsp3) is 0. The molecule has 4 heteroatoms. The minimum Gasteiger partial charge on any atom is -0.478 e. The molecule has 0 aliphatic heterocycles. The molecule has 0 heterocycles. The number of fused-ring (bicyclic) bond motifs is 2. The highest BCUT2D eigenvalue weighted by atomic mass is 16.4. The Hall–Kier alpha value is -3.66. The normalized spacial score (nSPS) is 10.9. The van der Waals surface area contributed by atoms with Crippen LogP contribution in [0.2, 0.25) is 0 Å². The third kappa shape index (κ3) is 2.40. The van der Waals surface area contributed by atoms with Crippen LogP contribution in [0.4, 0.5) is 0 Å². The Bertz CT molecular complexity index is 1100. The Morgan fingerprint density at radius 2 is 0.846 bits per heavy atom. The number of hydrogen-bond acceptors (Lipinski definition) is 2. The molecule has 0 aliphatic carbocycles. The van der Waals surface area contributed by atoms with E-state index in [1.807, 2.05) is 36.4 Å². The highest BCUT2D eigenvalue weighted by Gasteiger charge is 2.14. The quantitative estimate of drug-likeness (QED) is 0.546. The van der Waals surface area contributed by atoms with E-state index < -0.39 is 11.9 Å². The van der Waals surface area contributed by atoms with Crippen LogP contribution in [0.15, 0.2) is 72.8 Å². The van der Waals surface area contributed by atoms with E-state index in [1.165, 1.54) is 0 Å². The van der Waals surface area contributed by atoms with E-state index in [9.17, 15) is 19.8 Å². The summed E-state index contributed by atoms with van der Waals surface area (Å²) in [6.45, 7) is 0. The molecule has 0 fully saturated rings. The van der Waals surface area contributed by atoms with Crippen LogP contribution in [0.1, 0.15) is 20.7 Å². The smallest absolute Gasteiger partial charge is 0.336 e. The molecule has 2 N–H and O–H groups in total. The van der Waals surface area contributed by atoms with E-state index in [0.717, 1.165) is 21.9 Å². The van der Waals surface area contributed by atoms with Crippen LogP contribution in [0, 0.1) is 0 Å². The minimum atomic E-state index is -0.973. The Morgan fingerprint density at radius 3 is 1.23 bits per heavy atom. The first-order valence-electron chi connectivity index (χ1n) is 8.08. The zero-order valence-electron chi connectivity index (χ0n) is 13.6. The molecule has 0 radical (unpaired) electrons. The Balaban J connectivity index is 2.09. The predicted molar refractivity (Wildman–Crippen MR) is 101 cm³/mol. The average Bonchev–Trinajstić information content (AvgIpc) is 2.65. The van der Waals surface area contributed by atoms with E-state index in [-0.39, 0.29) is 11.1 Å². The van der Waals surface area contributed by atoms with Crippen LogP contribution in [0.5, 0.6) is 0 Å². The SMILES string of the molecule is O=C(O)c1cccc2c(-c3cccc4c(C(=O)O)cccc34)cccc12. The van der Waals surface area contributed by atoms with Crippen molar-refractivity contribution in [2.24, 2.45) is 0 Å². The Labute approximate surface area is 148 Å². The molecular weight excluding hydrogens is 328 g/mol. The molecule has 0 amide bonds. The van der Waals surface area contributed by atoms with Gasteiger partial charge in [-0.25, -0.2) is 9.59 Å². The topological polar surface area (TPSA) is 74.6 Å². The third-order valence-electron chi connectivity index (χ3n) is 4.60. The second kappa shape index (κ2) is 6.01. The molecule has 4 aromatic rings. The second-order valence-electron chi connectivity index (χ2n) is 6.02. The number of hydrogen-bond donors (Lipinski definition) is 2. The number of carbonyl (C=O) groups is 2. The molecule has 26 heavy (non-hydrogen) atoms. The molecular formula is C22H14O4. The number of carboxylic acid groups (broad SMARTS) is 2. The predicted octanol–water partition coefficient (Wildman–Crippen LogP) is 5.06. The lowest BCUT2D eigenvalue weighted by Crippen LogP contribution is -1.98. The molecule has 0 aliphatic rings. The maximum absolute atomic E-state index is 11.5. The van der Waals surface area contributed by atoms with Gasteiger partial charge < -0.3 is 10.2 Å². The van der Waals surface area contributed by atoms with Gasteiger partial charge in [-0.1, -0.05) is 60.7 Å². The largest absolute Gasteiger partial charge is 0.478 e. The van der Waals surface area contributed by atoms with Gasteiger partial charge in [0.15, 0.2) is 0 Å². The van der Waals surface area contributed by atoms with Crippen molar-refractivity contribution in [1.29, 1.82) is 0 Å². The summed E-state index contributed by atoms with van der Waals surface area (Å²) in [7, 11) is 0. The maximum atomic E-state index is 11.5. The summed E-state index contributed by atoms with van der Waals surface area (Å²) in [6, 6.07) is 21.5. The molecule has 0 aromatic heterocycles. The molecule has 4 rings (SSSR count). The van der Waals surface area contributed by atoms with Gasteiger partial charge in [0.05, 0.1) is 11.1 Å². The first kappa shape index (κ1) is 15.8. The lowest BCUT2D eigenvalue weighted by molar-refractivity contribution is 0.0688. The molecule has 0 spiro atoms. The van der Waals surface area contributed by atoms with Crippen molar-refractivity contribution in [1.82, 2.24) is 0 Å². The van der Waals surface area contributed by atoms with Crippen LogP contribution < -0.4 is 0 Å². The van der Waals surface area contributed by atoms with E-state index in [4.69, 9.17) is 0 Å². The number of carboxylic acids is 2.